The zero-order valence-corrected chi connectivity index (χ0v) is 12.0. The van der Waals surface area contributed by atoms with Gasteiger partial charge in [0.15, 0.2) is 12.1 Å². The van der Waals surface area contributed by atoms with Gasteiger partial charge >= 0.3 is 0 Å². The zero-order valence-electron chi connectivity index (χ0n) is 12.0. The third kappa shape index (κ3) is 12.6. The number of quaternary nitrogens is 1. The van der Waals surface area contributed by atoms with Gasteiger partial charge in [0.2, 0.25) is 0 Å². The molecule has 0 spiro atoms. The fraction of sp³-hybridized carbons (Fsp3) is 0.100. The van der Waals surface area contributed by atoms with Crippen LogP contribution in [0.25, 0.3) is 0 Å². The maximum Gasteiger partial charge on any atom is 0.156 e. The van der Waals surface area contributed by atoms with E-state index in [0.717, 1.165) is 0 Å². The molecule has 0 aliphatic carbocycles. The Balaban J connectivity index is 5.15. The molecule has 0 amide bonds. The van der Waals surface area contributed by atoms with Crippen LogP contribution in [0.15, 0.2) is 82.6 Å². The quantitative estimate of drug-likeness (QED) is 0.359. The first kappa shape index (κ1) is 17.4. The van der Waals surface area contributed by atoms with Gasteiger partial charge in [0.1, 0.15) is 0 Å². The summed E-state index contributed by atoms with van der Waals surface area (Å²) in [6.45, 7) is 6.67. The third-order valence-corrected chi connectivity index (χ3v) is 1.55. The molecule has 21 heavy (non-hydrogen) atoms. The third-order valence-electron chi connectivity index (χ3n) is 1.55. The molecular formula is C20H12N+. The van der Waals surface area contributed by atoms with Crippen LogP contribution in [0, 0.1) is 23.9 Å². The van der Waals surface area contributed by atoms with Crippen molar-refractivity contribution in [1.82, 2.24) is 0 Å². The summed E-state index contributed by atoms with van der Waals surface area (Å²) in [5.41, 5.74) is 25.4. The van der Waals surface area contributed by atoms with Gasteiger partial charge in [0.05, 0.1) is 14.1 Å². The summed E-state index contributed by atoms with van der Waals surface area (Å²) in [5, 5.41) is 0. The van der Waals surface area contributed by atoms with E-state index in [2.05, 4.69) is 94.4 Å². The molecule has 0 rings (SSSR count). The molecule has 0 heterocycles. The standard InChI is InChI=1S/C20H12N/c1-5-7-9-11-13-15-17-19-21(3,4)20-18-16-14-12-10-8-6-2/h15-16H,1-2H2,3-4H3/q+1. The van der Waals surface area contributed by atoms with E-state index >= 15 is 0 Å². The van der Waals surface area contributed by atoms with E-state index in [9.17, 15) is 0 Å². The monoisotopic (exact) mass is 266 g/mol. The van der Waals surface area contributed by atoms with Crippen molar-refractivity contribution in [1.29, 1.82) is 0 Å². The molecule has 0 bridgehead atoms. The summed E-state index contributed by atoms with van der Waals surface area (Å²) >= 11 is 0. The first-order valence-corrected chi connectivity index (χ1v) is 5.70. The van der Waals surface area contributed by atoms with Crippen molar-refractivity contribution in [2.45, 2.75) is 0 Å². The second kappa shape index (κ2) is 11.5. The van der Waals surface area contributed by atoms with Crippen LogP contribution in [0.5, 0.6) is 0 Å². The Morgan fingerprint density at radius 3 is 1.48 bits per heavy atom. The van der Waals surface area contributed by atoms with E-state index < -0.39 is 0 Å². The summed E-state index contributed by atoms with van der Waals surface area (Å²) in [7, 11) is 3.70. The summed E-state index contributed by atoms with van der Waals surface area (Å²) < 4.78 is 0.203. The lowest BCUT2D eigenvalue weighted by molar-refractivity contribution is -0.749. The predicted molar refractivity (Wildman–Crippen MR) is 83.2 cm³/mol. The molecule has 0 aromatic rings. The summed E-state index contributed by atoms with van der Waals surface area (Å²) in [4.78, 5) is 0. The molecule has 0 unspecified atom stereocenters. The molecule has 0 saturated heterocycles. The molecular weight excluding hydrogens is 254 g/mol. The maximum atomic E-state index is 3.34. The fourth-order valence-electron chi connectivity index (χ4n) is 0.783. The molecule has 0 aromatic carbocycles. The Labute approximate surface area is 125 Å². The summed E-state index contributed by atoms with van der Waals surface area (Å²) in [6, 6.07) is 5.85. The highest BCUT2D eigenvalue weighted by molar-refractivity contribution is 5.15. The van der Waals surface area contributed by atoms with Crippen molar-refractivity contribution in [2.24, 2.45) is 0 Å². The first-order chi connectivity index (χ1) is 10.1. The van der Waals surface area contributed by atoms with Gasteiger partial charge in [0.25, 0.3) is 0 Å². The average molecular weight is 266 g/mol. The molecule has 96 valence electrons. The van der Waals surface area contributed by atoms with Gasteiger partial charge in [-0.25, -0.2) is 0 Å². The van der Waals surface area contributed by atoms with Crippen molar-refractivity contribution < 1.29 is 4.48 Å². The van der Waals surface area contributed by atoms with Gasteiger partial charge in [-0.1, -0.05) is 22.9 Å². The summed E-state index contributed by atoms with van der Waals surface area (Å²) in [5.74, 6) is 5.60. The van der Waals surface area contributed by atoms with E-state index in [0.29, 0.717) is 0 Å². The lowest BCUT2D eigenvalue weighted by Gasteiger charge is -2.08. The maximum absolute atomic E-state index is 3.34. The Bertz CT molecular complexity index is 823. The highest BCUT2D eigenvalue weighted by atomic mass is 15.3. The minimum atomic E-state index is 0.203. The van der Waals surface area contributed by atoms with Crippen molar-refractivity contribution in [3.8, 4) is 23.9 Å². The minimum absolute atomic E-state index is 0.203. The first-order valence-electron chi connectivity index (χ1n) is 5.70. The normalized spacial score (nSPS) is 6.19. The Hall–Kier alpha value is -3.64. The van der Waals surface area contributed by atoms with Gasteiger partial charge in [0, 0.05) is 12.2 Å². The largest absolute Gasteiger partial charge is 0.175 e. The Morgan fingerprint density at radius 1 is 0.667 bits per heavy atom. The Morgan fingerprint density at radius 2 is 1.10 bits per heavy atom. The molecule has 0 aliphatic heterocycles. The van der Waals surface area contributed by atoms with Crippen LogP contribution in [0.1, 0.15) is 0 Å². The molecule has 0 saturated carbocycles. The minimum Gasteiger partial charge on any atom is -0.175 e. The van der Waals surface area contributed by atoms with Gasteiger partial charge in [-0.15, -0.1) is 0 Å². The van der Waals surface area contributed by atoms with Crippen molar-refractivity contribution in [3.63, 3.8) is 0 Å². The van der Waals surface area contributed by atoms with Crippen LogP contribution in [-0.2, 0) is 0 Å². The molecule has 1 heteroatoms. The highest BCUT2D eigenvalue weighted by Gasteiger charge is 2.05. The summed E-state index contributed by atoms with van der Waals surface area (Å²) in [6.07, 6.45) is 3.04. The van der Waals surface area contributed by atoms with E-state index in [4.69, 9.17) is 0 Å². The molecule has 0 N–H and O–H groups in total. The van der Waals surface area contributed by atoms with Crippen molar-refractivity contribution in [3.05, 3.63) is 82.6 Å². The molecule has 0 radical (unpaired) electrons. The number of rotatable bonds is 0. The topological polar surface area (TPSA) is 0 Å². The smallest absolute Gasteiger partial charge is 0.156 e. The highest BCUT2D eigenvalue weighted by Crippen LogP contribution is 1.89. The van der Waals surface area contributed by atoms with Crippen molar-refractivity contribution >= 4 is 0 Å². The van der Waals surface area contributed by atoms with Gasteiger partial charge in [-0.2, -0.15) is 4.48 Å². The molecule has 0 aliphatic rings. The van der Waals surface area contributed by atoms with Gasteiger partial charge < -0.3 is 0 Å². The zero-order chi connectivity index (χ0) is 15.8. The van der Waals surface area contributed by atoms with E-state index in [1.165, 1.54) is 12.2 Å². The lowest BCUT2D eigenvalue weighted by Crippen LogP contribution is -2.27. The number of hydrogen-bond acceptors (Lipinski definition) is 0. The van der Waals surface area contributed by atoms with Gasteiger partial charge in [-0.05, 0) is 59.4 Å². The number of nitrogens with zero attached hydrogens (tertiary/aromatic N) is 1. The molecule has 0 aromatic heterocycles. The molecule has 1 nitrogen and oxygen atoms in total. The van der Waals surface area contributed by atoms with Gasteiger partial charge in [-0.3, -0.25) is 0 Å². The SMILES string of the molecule is C=C=C=C=C=C=CC#C[N+](C)(C)C#CC=C=C=C=C=C=C. The second-order valence-corrected chi connectivity index (χ2v) is 3.65. The van der Waals surface area contributed by atoms with Crippen LogP contribution in [0.3, 0.4) is 0 Å². The van der Waals surface area contributed by atoms with Crippen molar-refractivity contribution in [2.75, 3.05) is 14.1 Å². The molecule has 0 atom stereocenters. The second-order valence-electron chi connectivity index (χ2n) is 3.65. The van der Waals surface area contributed by atoms with E-state index in [-0.39, 0.29) is 4.48 Å². The predicted octanol–water partition coefficient (Wildman–Crippen LogP) is 2.91. The number of hydrogen-bond donors (Lipinski definition) is 0. The van der Waals surface area contributed by atoms with E-state index in [1.807, 2.05) is 14.1 Å². The average Bonchev–Trinajstić information content (AvgIpc) is 2.45. The Kier molecular flexibility index (Phi) is 9.47. The van der Waals surface area contributed by atoms with Crippen LogP contribution >= 0.6 is 0 Å². The van der Waals surface area contributed by atoms with Crippen LogP contribution < -0.4 is 0 Å². The van der Waals surface area contributed by atoms with Crippen LogP contribution in [0.4, 0.5) is 0 Å². The number of allylic oxidation sites excluding steroid dienone is 2. The lowest BCUT2D eigenvalue weighted by atomic mass is 10.5. The van der Waals surface area contributed by atoms with E-state index in [1.54, 1.807) is 0 Å². The fourth-order valence-corrected chi connectivity index (χ4v) is 0.783. The van der Waals surface area contributed by atoms with Crippen LogP contribution in [0.2, 0.25) is 0 Å². The van der Waals surface area contributed by atoms with Crippen LogP contribution in [-0.4, -0.2) is 18.6 Å². The molecule has 0 fully saturated rings.